The molecule has 1 aliphatic carbocycles. The first kappa shape index (κ1) is 10.4. The van der Waals surface area contributed by atoms with Crippen molar-refractivity contribution in [3.8, 4) is 0 Å². The molecule has 4 heteroatoms. The Kier molecular flexibility index (Phi) is 2.74. The number of hydrogen-bond acceptors (Lipinski definition) is 3. The summed E-state index contributed by atoms with van der Waals surface area (Å²) in [6.45, 7) is 0.814. The Balaban J connectivity index is 1.75. The largest absolute Gasteiger partial charge is 0.368 e. The van der Waals surface area contributed by atoms with Gasteiger partial charge in [-0.05, 0) is 36.3 Å². The third-order valence-corrected chi connectivity index (χ3v) is 4.37. The summed E-state index contributed by atoms with van der Waals surface area (Å²) in [6.07, 6.45) is 4.42. The Morgan fingerprint density at radius 2 is 2.38 bits per heavy atom. The lowest BCUT2D eigenvalue weighted by atomic mass is 10.2. The molecule has 3 rings (SSSR count). The van der Waals surface area contributed by atoms with Crippen LogP contribution in [0.25, 0.3) is 10.1 Å². The van der Waals surface area contributed by atoms with E-state index in [1.165, 1.54) is 22.9 Å². The van der Waals surface area contributed by atoms with E-state index in [4.69, 9.17) is 11.6 Å². The van der Waals surface area contributed by atoms with Gasteiger partial charge in [-0.2, -0.15) is 0 Å². The first-order valence-corrected chi connectivity index (χ1v) is 6.86. The van der Waals surface area contributed by atoms with Crippen LogP contribution in [0, 0.1) is 5.92 Å². The van der Waals surface area contributed by atoms with Gasteiger partial charge in [0.05, 0.1) is 5.38 Å². The Morgan fingerprint density at radius 1 is 1.50 bits per heavy atom. The van der Waals surface area contributed by atoms with Crippen LogP contribution in [0.4, 0.5) is 5.82 Å². The molecule has 2 nitrogen and oxygen atoms in total. The second-order valence-electron chi connectivity index (χ2n) is 4.23. The molecule has 2 aromatic heterocycles. The SMILES string of the molecule is ClC(CNc1nccc2sccc12)C1CC1. The van der Waals surface area contributed by atoms with Crippen LogP contribution in [0.15, 0.2) is 23.7 Å². The standard InChI is InChI=1S/C12H13ClN2S/c13-10(8-1-2-8)7-15-12-9-4-6-16-11(9)3-5-14-12/h3-6,8,10H,1-2,7H2,(H,14,15). The molecule has 1 atom stereocenters. The van der Waals surface area contributed by atoms with Crippen molar-refractivity contribution in [1.29, 1.82) is 0 Å². The van der Waals surface area contributed by atoms with Gasteiger partial charge in [0.1, 0.15) is 5.82 Å². The van der Waals surface area contributed by atoms with Crippen molar-refractivity contribution in [2.75, 3.05) is 11.9 Å². The second kappa shape index (κ2) is 4.22. The fourth-order valence-electron chi connectivity index (χ4n) is 1.85. The van der Waals surface area contributed by atoms with Crippen molar-refractivity contribution >= 4 is 38.8 Å². The van der Waals surface area contributed by atoms with E-state index in [1.54, 1.807) is 11.3 Å². The number of thiophene rings is 1. The first-order valence-electron chi connectivity index (χ1n) is 5.55. The van der Waals surface area contributed by atoms with Crippen LogP contribution in [0.5, 0.6) is 0 Å². The summed E-state index contributed by atoms with van der Waals surface area (Å²) < 4.78 is 1.27. The third-order valence-electron chi connectivity index (χ3n) is 2.98. The lowest BCUT2D eigenvalue weighted by Gasteiger charge is -2.10. The minimum absolute atomic E-state index is 0.246. The van der Waals surface area contributed by atoms with Crippen LogP contribution in [-0.2, 0) is 0 Å². The van der Waals surface area contributed by atoms with Crippen LogP contribution in [0.1, 0.15) is 12.8 Å². The zero-order chi connectivity index (χ0) is 11.0. The predicted molar refractivity (Wildman–Crippen MR) is 70.5 cm³/mol. The summed E-state index contributed by atoms with van der Waals surface area (Å²) >= 11 is 8.01. The molecule has 1 saturated carbocycles. The molecular weight excluding hydrogens is 240 g/mol. The highest BCUT2D eigenvalue weighted by Crippen LogP contribution is 2.36. The average molecular weight is 253 g/mol. The van der Waals surface area contributed by atoms with Crippen molar-refractivity contribution in [3.63, 3.8) is 0 Å². The van der Waals surface area contributed by atoms with Gasteiger partial charge < -0.3 is 5.32 Å². The number of hydrogen-bond donors (Lipinski definition) is 1. The van der Waals surface area contributed by atoms with E-state index in [1.807, 2.05) is 12.3 Å². The topological polar surface area (TPSA) is 24.9 Å². The maximum atomic E-state index is 6.27. The Morgan fingerprint density at radius 3 is 3.19 bits per heavy atom. The highest BCUT2D eigenvalue weighted by atomic mass is 35.5. The molecule has 16 heavy (non-hydrogen) atoms. The number of anilines is 1. The van der Waals surface area contributed by atoms with Crippen LogP contribution in [0.2, 0.25) is 0 Å². The van der Waals surface area contributed by atoms with E-state index in [0.717, 1.165) is 18.3 Å². The van der Waals surface area contributed by atoms with Crippen molar-refractivity contribution in [2.45, 2.75) is 18.2 Å². The van der Waals surface area contributed by atoms with E-state index < -0.39 is 0 Å². The van der Waals surface area contributed by atoms with Crippen LogP contribution < -0.4 is 5.32 Å². The minimum Gasteiger partial charge on any atom is -0.368 e. The molecule has 0 amide bonds. The maximum absolute atomic E-state index is 6.27. The predicted octanol–water partition coefficient (Wildman–Crippen LogP) is 3.73. The minimum atomic E-state index is 0.246. The highest BCUT2D eigenvalue weighted by Gasteiger charge is 2.29. The summed E-state index contributed by atoms with van der Waals surface area (Å²) in [5, 5.41) is 6.90. The van der Waals surface area contributed by atoms with Gasteiger partial charge in [-0.15, -0.1) is 22.9 Å². The number of pyridine rings is 1. The lowest BCUT2D eigenvalue weighted by Crippen LogP contribution is -2.16. The van der Waals surface area contributed by atoms with Crippen molar-refractivity contribution in [1.82, 2.24) is 4.98 Å². The van der Waals surface area contributed by atoms with Crippen LogP contribution >= 0.6 is 22.9 Å². The summed E-state index contributed by atoms with van der Waals surface area (Å²) in [6, 6.07) is 4.15. The number of nitrogens with one attached hydrogen (secondary N) is 1. The monoisotopic (exact) mass is 252 g/mol. The van der Waals surface area contributed by atoms with Crippen molar-refractivity contribution in [3.05, 3.63) is 23.7 Å². The number of rotatable bonds is 4. The van der Waals surface area contributed by atoms with Gasteiger partial charge in [0.25, 0.3) is 0 Å². The number of nitrogens with zero attached hydrogens (tertiary/aromatic N) is 1. The quantitative estimate of drug-likeness (QED) is 0.839. The van der Waals surface area contributed by atoms with E-state index in [-0.39, 0.29) is 5.38 Å². The number of fused-ring (bicyclic) bond motifs is 1. The maximum Gasteiger partial charge on any atom is 0.134 e. The molecule has 2 aromatic rings. The molecule has 0 saturated heterocycles. The van der Waals surface area contributed by atoms with Crippen LogP contribution in [0.3, 0.4) is 0 Å². The molecule has 0 radical (unpaired) electrons. The van der Waals surface area contributed by atoms with E-state index in [2.05, 4.69) is 21.7 Å². The van der Waals surface area contributed by atoms with E-state index in [0.29, 0.717) is 0 Å². The van der Waals surface area contributed by atoms with Gasteiger partial charge in [-0.1, -0.05) is 0 Å². The van der Waals surface area contributed by atoms with Crippen molar-refractivity contribution < 1.29 is 0 Å². The summed E-state index contributed by atoms with van der Waals surface area (Å²) in [5.41, 5.74) is 0. The van der Waals surface area contributed by atoms with E-state index in [9.17, 15) is 0 Å². The molecule has 0 spiro atoms. The number of alkyl halides is 1. The van der Waals surface area contributed by atoms with Gasteiger partial charge in [-0.25, -0.2) is 4.98 Å². The zero-order valence-corrected chi connectivity index (χ0v) is 10.4. The second-order valence-corrected chi connectivity index (χ2v) is 5.73. The fourth-order valence-corrected chi connectivity index (χ4v) is 2.97. The Labute approximate surface area is 104 Å². The normalized spacial score (nSPS) is 17.6. The molecule has 84 valence electrons. The van der Waals surface area contributed by atoms with Crippen LogP contribution in [-0.4, -0.2) is 16.9 Å². The molecule has 1 N–H and O–H groups in total. The molecule has 2 heterocycles. The first-order chi connectivity index (χ1) is 7.84. The lowest BCUT2D eigenvalue weighted by molar-refractivity contribution is 0.769. The molecule has 1 unspecified atom stereocenters. The van der Waals surface area contributed by atoms with Gasteiger partial charge in [0.2, 0.25) is 0 Å². The molecule has 0 aliphatic heterocycles. The van der Waals surface area contributed by atoms with E-state index >= 15 is 0 Å². The van der Waals surface area contributed by atoms with Gasteiger partial charge >= 0.3 is 0 Å². The molecular formula is C12H13ClN2S. The smallest absolute Gasteiger partial charge is 0.134 e. The summed E-state index contributed by atoms with van der Waals surface area (Å²) in [4.78, 5) is 4.37. The highest BCUT2D eigenvalue weighted by molar-refractivity contribution is 7.17. The molecule has 0 bridgehead atoms. The fraction of sp³-hybridized carbons (Fsp3) is 0.417. The van der Waals surface area contributed by atoms with Gasteiger partial charge in [0.15, 0.2) is 0 Å². The Bertz CT molecular complexity index is 492. The third kappa shape index (κ3) is 2.02. The molecule has 0 aromatic carbocycles. The average Bonchev–Trinajstić information content (AvgIpc) is 3.04. The number of aromatic nitrogens is 1. The summed E-state index contributed by atoms with van der Waals surface area (Å²) in [7, 11) is 0. The zero-order valence-electron chi connectivity index (χ0n) is 8.82. The molecule has 1 fully saturated rings. The molecule has 1 aliphatic rings. The van der Waals surface area contributed by atoms with Gasteiger partial charge in [-0.3, -0.25) is 0 Å². The number of halogens is 1. The summed E-state index contributed by atoms with van der Waals surface area (Å²) in [5.74, 6) is 1.68. The Hall–Kier alpha value is -0.800. The van der Waals surface area contributed by atoms with Gasteiger partial charge in [0, 0.05) is 22.8 Å². The van der Waals surface area contributed by atoms with Crippen molar-refractivity contribution in [2.24, 2.45) is 5.92 Å².